The van der Waals surface area contributed by atoms with Gasteiger partial charge in [0.2, 0.25) is 0 Å². The van der Waals surface area contributed by atoms with E-state index in [9.17, 15) is 9.59 Å². The van der Waals surface area contributed by atoms with Gasteiger partial charge in [0.25, 0.3) is 0 Å². The Morgan fingerprint density at radius 1 is 0.929 bits per heavy atom. The SMILES string of the molecule is C#CCCOC(=O)N(C)[C@@H](CC(C)C)C(=O)OCCCCCCCCCCC. The number of hydrogen-bond acceptors (Lipinski definition) is 4. The average Bonchev–Trinajstić information content (AvgIpc) is 2.66. The number of nitrogens with zero attached hydrogens (tertiary/aromatic N) is 1. The first kappa shape index (κ1) is 26.3. The first-order valence-corrected chi connectivity index (χ1v) is 10.9. The van der Waals surface area contributed by atoms with Crippen molar-refractivity contribution >= 4 is 12.1 Å². The van der Waals surface area contributed by atoms with Crippen LogP contribution in [0.1, 0.15) is 91.4 Å². The Labute approximate surface area is 172 Å². The molecule has 0 bridgehead atoms. The van der Waals surface area contributed by atoms with Crippen molar-refractivity contribution in [2.24, 2.45) is 5.92 Å². The molecule has 0 N–H and O–H groups in total. The minimum atomic E-state index is -0.628. The fraction of sp³-hybridized carbons (Fsp3) is 0.826. The van der Waals surface area contributed by atoms with E-state index in [1.807, 2.05) is 13.8 Å². The quantitative estimate of drug-likeness (QED) is 0.195. The highest BCUT2D eigenvalue weighted by atomic mass is 16.6. The Bertz CT molecular complexity index is 456. The van der Waals surface area contributed by atoms with Crippen LogP contribution in [0, 0.1) is 18.3 Å². The van der Waals surface area contributed by atoms with E-state index in [4.69, 9.17) is 15.9 Å². The molecule has 0 saturated heterocycles. The highest BCUT2D eigenvalue weighted by Gasteiger charge is 2.29. The summed E-state index contributed by atoms with van der Waals surface area (Å²) in [4.78, 5) is 25.9. The summed E-state index contributed by atoms with van der Waals surface area (Å²) >= 11 is 0. The molecule has 0 unspecified atom stereocenters. The van der Waals surface area contributed by atoms with Crippen LogP contribution in [0.2, 0.25) is 0 Å². The van der Waals surface area contributed by atoms with E-state index in [0.717, 1.165) is 12.8 Å². The summed E-state index contributed by atoms with van der Waals surface area (Å²) in [5.74, 6) is 2.32. The molecule has 0 aromatic rings. The van der Waals surface area contributed by atoms with Crippen molar-refractivity contribution < 1.29 is 19.1 Å². The number of carbonyl (C=O) groups excluding carboxylic acids is 2. The zero-order chi connectivity index (χ0) is 21.2. The Balaban J connectivity index is 4.15. The number of unbranched alkanes of at least 4 members (excludes halogenated alkanes) is 8. The van der Waals surface area contributed by atoms with E-state index in [1.54, 1.807) is 7.05 Å². The lowest BCUT2D eigenvalue weighted by molar-refractivity contribution is -0.149. The Morgan fingerprint density at radius 2 is 1.50 bits per heavy atom. The molecular weight excluding hydrogens is 354 g/mol. The lowest BCUT2D eigenvalue weighted by Crippen LogP contribution is -2.44. The largest absolute Gasteiger partial charge is 0.464 e. The van der Waals surface area contributed by atoms with Crippen LogP contribution in [-0.4, -0.2) is 43.3 Å². The molecule has 5 heteroatoms. The Morgan fingerprint density at radius 3 is 2.04 bits per heavy atom. The van der Waals surface area contributed by atoms with Crippen LogP contribution in [0.5, 0.6) is 0 Å². The minimum absolute atomic E-state index is 0.154. The molecule has 0 aromatic heterocycles. The number of ether oxygens (including phenoxy) is 2. The Kier molecular flexibility index (Phi) is 16.3. The summed E-state index contributed by atoms with van der Waals surface area (Å²) in [6.07, 6.45) is 16.5. The van der Waals surface area contributed by atoms with E-state index >= 15 is 0 Å². The molecule has 0 fully saturated rings. The van der Waals surface area contributed by atoms with Crippen LogP contribution in [0.15, 0.2) is 0 Å². The molecule has 0 aliphatic carbocycles. The summed E-state index contributed by atoms with van der Waals surface area (Å²) in [5.41, 5.74) is 0. The van der Waals surface area contributed by atoms with Crippen LogP contribution in [0.3, 0.4) is 0 Å². The lowest BCUT2D eigenvalue weighted by Gasteiger charge is -2.27. The number of terminal acetylenes is 1. The molecule has 0 aliphatic rings. The van der Waals surface area contributed by atoms with E-state index in [0.29, 0.717) is 19.4 Å². The van der Waals surface area contributed by atoms with Crippen LogP contribution in [0.25, 0.3) is 0 Å². The Hall–Kier alpha value is -1.70. The van der Waals surface area contributed by atoms with Gasteiger partial charge >= 0.3 is 12.1 Å². The maximum absolute atomic E-state index is 12.5. The molecular formula is C23H41NO4. The van der Waals surface area contributed by atoms with E-state index < -0.39 is 12.1 Å². The van der Waals surface area contributed by atoms with Gasteiger partial charge in [0.05, 0.1) is 6.61 Å². The van der Waals surface area contributed by atoms with Crippen molar-refractivity contribution in [2.75, 3.05) is 20.3 Å². The van der Waals surface area contributed by atoms with Crippen molar-refractivity contribution in [3.63, 3.8) is 0 Å². The van der Waals surface area contributed by atoms with Crippen molar-refractivity contribution in [1.29, 1.82) is 0 Å². The third kappa shape index (κ3) is 13.5. The van der Waals surface area contributed by atoms with Crippen molar-refractivity contribution in [1.82, 2.24) is 4.90 Å². The van der Waals surface area contributed by atoms with E-state index in [2.05, 4.69) is 12.8 Å². The number of amides is 1. The maximum Gasteiger partial charge on any atom is 0.410 e. The third-order valence-electron chi connectivity index (χ3n) is 4.69. The summed E-state index contributed by atoms with van der Waals surface area (Å²) in [6.45, 7) is 6.81. The second kappa shape index (κ2) is 17.4. The first-order chi connectivity index (χ1) is 13.4. The summed E-state index contributed by atoms with van der Waals surface area (Å²) < 4.78 is 10.5. The van der Waals surface area contributed by atoms with Crippen molar-refractivity contribution in [3.05, 3.63) is 0 Å². The molecule has 162 valence electrons. The molecule has 0 heterocycles. The number of esters is 1. The molecule has 0 spiro atoms. The second-order valence-corrected chi connectivity index (χ2v) is 7.82. The maximum atomic E-state index is 12.5. The zero-order valence-corrected chi connectivity index (χ0v) is 18.5. The summed E-state index contributed by atoms with van der Waals surface area (Å²) in [5, 5.41) is 0. The predicted octanol–water partition coefficient (Wildman–Crippen LogP) is 5.57. The van der Waals surface area contributed by atoms with Gasteiger partial charge in [-0.15, -0.1) is 12.3 Å². The van der Waals surface area contributed by atoms with E-state index in [1.165, 1.54) is 49.8 Å². The van der Waals surface area contributed by atoms with Crippen LogP contribution in [0.4, 0.5) is 4.79 Å². The van der Waals surface area contributed by atoms with Gasteiger partial charge in [-0.05, 0) is 18.8 Å². The number of rotatable bonds is 16. The molecule has 1 atom stereocenters. The van der Waals surface area contributed by atoms with Crippen LogP contribution < -0.4 is 0 Å². The fourth-order valence-corrected chi connectivity index (χ4v) is 2.97. The smallest absolute Gasteiger partial charge is 0.410 e. The summed E-state index contributed by atoms with van der Waals surface area (Å²) in [6, 6.07) is -0.628. The molecule has 1 amide bonds. The van der Waals surface area contributed by atoms with Crippen LogP contribution in [-0.2, 0) is 14.3 Å². The average molecular weight is 396 g/mol. The molecule has 0 radical (unpaired) electrons. The number of carbonyl (C=O) groups is 2. The van der Waals surface area contributed by atoms with Gasteiger partial charge in [0, 0.05) is 13.5 Å². The van der Waals surface area contributed by atoms with Gasteiger partial charge in [-0.25, -0.2) is 9.59 Å². The molecule has 0 saturated carbocycles. The molecule has 0 rings (SSSR count). The third-order valence-corrected chi connectivity index (χ3v) is 4.69. The van der Waals surface area contributed by atoms with Gasteiger partial charge in [0.15, 0.2) is 0 Å². The van der Waals surface area contributed by atoms with Crippen molar-refractivity contribution in [2.45, 2.75) is 97.4 Å². The summed E-state index contributed by atoms with van der Waals surface area (Å²) in [7, 11) is 1.57. The highest BCUT2D eigenvalue weighted by molar-refractivity contribution is 5.81. The standard InChI is InChI=1S/C23H41NO4/c1-6-8-10-11-12-13-14-15-16-18-27-22(25)21(19-20(3)4)24(5)23(26)28-17-9-7-2/h2,20-21H,6,8-19H2,1,3-5H3/t21-/m0/s1. The highest BCUT2D eigenvalue weighted by Crippen LogP contribution is 2.14. The molecule has 28 heavy (non-hydrogen) atoms. The van der Waals surface area contributed by atoms with Gasteiger partial charge < -0.3 is 9.47 Å². The lowest BCUT2D eigenvalue weighted by atomic mass is 10.0. The van der Waals surface area contributed by atoms with Gasteiger partial charge in [-0.3, -0.25) is 4.90 Å². The predicted molar refractivity (Wildman–Crippen MR) is 114 cm³/mol. The number of likely N-dealkylation sites (N-methyl/N-ethyl adjacent to an activating group) is 1. The van der Waals surface area contributed by atoms with E-state index in [-0.39, 0.29) is 18.5 Å². The van der Waals surface area contributed by atoms with Gasteiger partial charge in [-0.2, -0.15) is 0 Å². The first-order valence-electron chi connectivity index (χ1n) is 10.9. The molecule has 0 aliphatic heterocycles. The second-order valence-electron chi connectivity index (χ2n) is 7.82. The normalized spacial score (nSPS) is 11.7. The topological polar surface area (TPSA) is 55.8 Å². The van der Waals surface area contributed by atoms with Crippen molar-refractivity contribution in [3.8, 4) is 12.3 Å². The minimum Gasteiger partial charge on any atom is -0.464 e. The van der Waals surface area contributed by atoms with Crippen LogP contribution >= 0.6 is 0 Å². The van der Waals surface area contributed by atoms with Gasteiger partial charge in [-0.1, -0.05) is 72.1 Å². The monoisotopic (exact) mass is 395 g/mol. The van der Waals surface area contributed by atoms with Gasteiger partial charge in [0.1, 0.15) is 12.6 Å². The zero-order valence-electron chi connectivity index (χ0n) is 18.5. The molecule has 5 nitrogen and oxygen atoms in total. The fourth-order valence-electron chi connectivity index (χ4n) is 2.97. The number of hydrogen-bond donors (Lipinski definition) is 0. The molecule has 0 aromatic carbocycles.